The summed E-state index contributed by atoms with van der Waals surface area (Å²) in [5.74, 6) is 0.949. The van der Waals surface area contributed by atoms with Crippen LogP contribution in [-0.4, -0.2) is 12.5 Å². The number of amides is 1. The van der Waals surface area contributed by atoms with Gasteiger partial charge in [0.15, 0.2) is 0 Å². The Balaban J connectivity index is 1.51. The van der Waals surface area contributed by atoms with Crippen LogP contribution in [0.15, 0.2) is 84.4 Å². The molecular formula is C29H22I2N2O3. The first-order chi connectivity index (χ1) is 17.5. The van der Waals surface area contributed by atoms with Crippen molar-refractivity contribution in [2.24, 2.45) is 0 Å². The molecule has 0 atom stereocenters. The van der Waals surface area contributed by atoms with E-state index in [9.17, 15) is 10.1 Å². The Kier molecular flexibility index (Phi) is 8.83. The van der Waals surface area contributed by atoms with Crippen molar-refractivity contribution in [2.75, 3.05) is 11.9 Å². The number of nitrogens with one attached hydrogen (secondary N) is 1. The third kappa shape index (κ3) is 6.36. The van der Waals surface area contributed by atoms with Crippen LogP contribution in [0, 0.1) is 18.5 Å². The summed E-state index contributed by atoms with van der Waals surface area (Å²) in [6.45, 7) is 2.86. The predicted octanol–water partition coefficient (Wildman–Crippen LogP) is 7.57. The van der Waals surface area contributed by atoms with Gasteiger partial charge in [0.25, 0.3) is 5.91 Å². The number of benzene rings is 4. The van der Waals surface area contributed by atoms with Crippen molar-refractivity contribution in [2.45, 2.75) is 13.5 Å². The highest BCUT2D eigenvalue weighted by Gasteiger charge is 2.13. The number of anilines is 1. The van der Waals surface area contributed by atoms with Gasteiger partial charge < -0.3 is 14.8 Å². The molecule has 0 aromatic heterocycles. The molecule has 7 heteroatoms. The zero-order valence-electron chi connectivity index (χ0n) is 19.4. The van der Waals surface area contributed by atoms with Crippen LogP contribution in [0.1, 0.15) is 18.1 Å². The molecule has 4 aromatic rings. The van der Waals surface area contributed by atoms with Gasteiger partial charge in [0.1, 0.15) is 29.7 Å². The molecule has 0 saturated carbocycles. The summed E-state index contributed by atoms with van der Waals surface area (Å²) in [5, 5.41) is 14.7. The number of ether oxygens (including phenoxy) is 2. The van der Waals surface area contributed by atoms with E-state index in [0.717, 1.165) is 24.0 Å². The average molecular weight is 700 g/mol. The van der Waals surface area contributed by atoms with Crippen molar-refractivity contribution < 1.29 is 14.3 Å². The summed E-state index contributed by atoms with van der Waals surface area (Å²) in [7, 11) is 0. The Morgan fingerprint density at radius 2 is 1.69 bits per heavy atom. The summed E-state index contributed by atoms with van der Waals surface area (Å²) in [5.41, 5.74) is 2.43. The Hall–Kier alpha value is -3.10. The molecule has 0 spiro atoms. The van der Waals surface area contributed by atoms with Crippen LogP contribution in [0.4, 0.5) is 5.69 Å². The number of fused-ring (bicyclic) bond motifs is 1. The first-order valence-corrected chi connectivity index (χ1v) is 13.4. The summed E-state index contributed by atoms with van der Waals surface area (Å²) in [4.78, 5) is 12.7. The van der Waals surface area contributed by atoms with E-state index in [1.807, 2.05) is 49.4 Å². The van der Waals surface area contributed by atoms with E-state index in [0.29, 0.717) is 24.7 Å². The molecule has 1 amide bonds. The Bertz CT molecular complexity index is 1460. The van der Waals surface area contributed by atoms with Crippen LogP contribution >= 0.6 is 45.2 Å². The summed E-state index contributed by atoms with van der Waals surface area (Å²) < 4.78 is 13.5. The lowest BCUT2D eigenvalue weighted by atomic mass is 10.1. The Morgan fingerprint density at radius 3 is 2.44 bits per heavy atom. The molecule has 0 unspecified atom stereocenters. The molecule has 0 bridgehead atoms. The number of halogens is 2. The second-order valence-corrected chi connectivity index (χ2v) is 10.1. The molecule has 180 valence electrons. The standard InChI is InChI=1S/C29H22I2N2O3/c1-2-35-24-11-6-10-23(16-24)33-29(34)22(17-32)13-19-14-26(30)28(27(31)15-19)36-18-21-9-5-8-20-7-3-4-12-25(20)21/h3-16H,2,18H2,1H3,(H,33,34)/b22-13-. The molecule has 0 aliphatic rings. The van der Waals surface area contributed by atoms with Crippen LogP contribution in [0.3, 0.4) is 0 Å². The van der Waals surface area contributed by atoms with E-state index in [2.05, 4.69) is 74.8 Å². The SMILES string of the molecule is CCOc1cccc(NC(=O)/C(C#N)=C\c2cc(I)c(OCc3cccc4ccccc34)c(I)c2)c1. The van der Waals surface area contributed by atoms with Gasteiger partial charge in [-0.25, -0.2) is 0 Å². The molecule has 4 rings (SSSR count). The smallest absolute Gasteiger partial charge is 0.266 e. The maximum Gasteiger partial charge on any atom is 0.266 e. The summed E-state index contributed by atoms with van der Waals surface area (Å²) in [6.07, 6.45) is 1.58. The van der Waals surface area contributed by atoms with Gasteiger partial charge in [-0.1, -0.05) is 48.5 Å². The molecule has 1 N–H and O–H groups in total. The van der Waals surface area contributed by atoms with Crippen molar-refractivity contribution in [3.8, 4) is 17.6 Å². The van der Waals surface area contributed by atoms with E-state index in [1.165, 1.54) is 10.8 Å². The van der Waals surface area contributed by atoms with Crippen molar-refractivity contribution in [3.63, 3.8) is 0 Å². The molecular weight excluding hydrogens is 678 g/mol. The summed E-state index contributed by atoms with van der Waals surface area (Å²) >= 11 is 4.44. The van der Waals surface area contributed by atoms with Gasteiger partial charge in [0.05, 0.1) is 13.7 Å². The molecule has 5 nitrogen and oxygen atoms in total. The van der Waals surface area contributed by atoms with Crippen LogP contribution in [0.5, 0.6) is 11.5 Å². The third-order valence-electron chi connectivity index (χ3n) is 5.35. The fraction of sp³-hybridized carbons (Fsp3) is 0.103. The highest BCUT2D eigenvalue weighted by atomic mass is 127. The zero-order valence-corrected chi connectivity index (χ0v) is 23.7. The van der Waals surface area contributed by atoms with E-state index < -0.39 is 5.91 Å². The number of rotatable bonds is 8. The lowest BCUT2D eigenvalue weighted by Gasteiger charge is -2.13. The predicted molar refractivity (Wildman–Crippen MR) is 160 cm³/mol. The van der Waals surface area contributed by atoms with Gasteiger partial charge in [-0.05, 0) is 104 Å². The van der Waals surface area contributed by atoms with Gasteiger partial charge in [0.2, 0.25) is 0 Å². The zero-order chi connectivity index (χ0) is 25.5. The lowest BCUT2D eigenvalue weighted by molar-refractivity contribution is -0.112. The quantitative estimate of drug-likeness (QED) is 0.117. The Morgan fingerprint density at radius 1 is 0.972 bits per heavy atom. The van der Waals surface area contributed by atoms with Crippen molar-refractivity contribution in [1.29, 1.82) is 5.26 Å². The largest absolute Gasteiger partial charge is 0.494 e. The normalized spacial score (nSPS) is 11.1. The topological polar surface area (TPSA) is 71.3 Å². The van der Waals surface area contributed by atoms with E-state index in [-0.39, 0.29) is 5.57 Å². The fourth-order valence-corrected chi connectivity index (χ4v) is 5.84. The van der Waals surface area contributed by atoms with Gasteiger partial charge >= 0.3 is 0 Å². The minimum Gasteiger partial charge on any atom is -0.494 e. The van der Waals surface area contributed by atoms with Gasteiger partial charge in [-0.15, -0.1) is 0 Å². The second kappa shape index (κ2) is 12.2. The van der Waals surface area contributed by atoms with Gasteiger partial charge in [-0.3, -0.25) is 4.79 Å². The van der Waals surface area contributed by atoms with E-state index in [1.54, 1.807) is 24.3 Å². The van der Waals surface area contributed by atoms with Gasteiger partial charge in [-0.2, -0.15) is 5.26 Å². The highest BCUT2D eigenvalue weighted by molar-refractivity contribution is 14.1. The summed E-state index contributed by atoms with van der Waals surface area (Å²) in [6, 6.07) is 27.3. The lowest BCUT2D eigenvalue weighted by Crippen LogP contribution is -2.13. The molecule has 4 aromatic carbocycles. The number of carbonyl (C=O) groups excluding carboxylic acids is 1. The molecule has 0 fully saturated rings. The number of nitriles is 1. The monoisotopic (exact) mass is 700 g/mol. The van der Waals surface area contributed by atoms with Crippen LogP contribution in [-0.2, 0) is 11.4 Å². The van der Waals surface area contributed by atoms with E-state index >= 15 is 0 Å². The van der Waals surface area contributed by atoms with Crippen LogP contribution in [0.2, 0.25) is 0 Å². The van der Waals surface area contributed by atoms with Gasteiger partial charge in [0, 0.05) is 11.8 Å². The van der Waals surface area contributed by atoms with Crippen molar-refractivity contribution in [1.82, 2.24) is 0 Å². The van der Waals surface area contributed by atoms with Crippen LogP contribution in [0.25, 0.3) is 16.8 Å². The van der Waals surface area contributed by atoms with Crippen molar-refractivity contribution >= 4 is 73.6 Å². The highest BCUT2D eigenvalue weighted by Crippen LogP contribution is 2.31. The number of carbonyl (C=O) groups is 1. The first-order valence-electron chi connectivity index (χ1n) is 11.2. The minimum atomic E-state index is -0.479. The van der Waals surface area contributed by atoms with Crippen LogP contribution < -0.4 is 14.8 Å². The second-order valence-electron chi connectivity index (χ2n) is 7.83. The fourth-order valence-electron chi connectivity index (χ4n) is 3.71. The number of hydrogen-bond acceptors (Lipinski definition) is 4. The molecule has 0 aliphatic heterocycles. The maximum atomic E-state index is 12.7. The average Bonchev–Trinajstić information content (AvgIpc) is 2.87. The molecule has 36 heavy (non-hydrogen) atoms. The molecule has 0 radical (unpaired) electrons. The Labute approximate surface area is 237 Å². The minimum absolute atomic E-state index is 0.00726. The number of nitrogens with zero attached hydrogens (tertiary/aromatic N) is 1. The van der Waals surface area contributed by atoms with E-state index in [4.69, 9.17) is 9.47 Å². The third-order valence-corrected chi connectivity index (χ3v) is 6.95. The molecule has 0 heterocycles. The van der Waals surface area contributed by atoms with Crippen molar-refractivity contribution in [3.05, 3.63) is 103 Å². The molecule has 0 aliphatic carbocycles. The molecule has 0 saturated heterocycles. The maximum absolute atomic E-state index is 12.7. The first kappa shape index (κ1) is 26.0. The number of hydrogen-bond donors (Lipinski definition) is 1.